The van der Waals surface area contributed by atoms with Crippen molar-refractivity contribution in [3.8, 4) is 5.75 Å². The maximum absolute atomic E-state index is 13.5. The predicted octanol–water partition coefficient (Wildman–Crippen LogP) is 5.44. The van der Waals surface area contributed by atoms with Crippen LogP contribution in [0.25, 0.3) is 12.2 Å². The third-order valence-electron chi connectivity index (χ3n) is 6.34. The monoisotopic (exact) mass is 494 g/mol. The van der Waals surface area contributed by atoms with E-state index < -0.39 is 0 Å². The first-order valence-corrected chi connectivity index (χ1v) is 12.5. The van der Waals surface area contributed by atoms with Crippen LogP contribution < -0.4 is 4.74 Å². The summed E-state index contributed by atoms with van der Waals surface area (Å²) < 4.78 is 5.77. The molecule has 0 bridgehead atoms. The number of hydrogen-bond acceptors (Lipinski definition) is 4. The van der Waals surface area contributed by atoms with E-state index in [1.165, 1.54) is 0 Å². The maximum Gasteiger partial charge on any atom is 0.254 e. The highest BCUT2D eigenvalue weighted by Crippen LogP contribution is 2.24. The van der Waals surface area contributed by atoms with Gasteiger partial charge in [0.2, 0.25) is 0 Å². The Morgan fingerprint density at radius 3 is 1.76 bits per heavy atom. The van der Waals surface area contributed by atoms with Crippen molar-refractivity contribution in [2.75, 3.05) is 40.3 Å². The lowest BCUT2D eigenvalue weighted by molar-refractivity contribution is -0.113. The lowest BCUT2D eigenvalue weighted by Crippen LogP contribution is -2.41. The number of rotatable bonds is 7. The first kappa shape index (κ1) is 26.1. The second-order valence-corrected chi connectivity index (χ2v) is 9.83. The van der Waals surface area contributed by atoms with Crippen molar-refractivity contribution in [1.29, 1.82) is 0 Å². The molecule has 1 saturated heterocycles. The molecular weight excluding hydrogens is 460 g/mol. The summed E-state index contributed by atoms with van der Waals surface area (Å²) in [6.07, 6.45) is 3.79. The molecule has 0 saturated carbocycles. The van der Waals surface area contributed by atoms with E-state index in [9.17, 15) is 9.59 Å². The smallest absolute Gasteiger partial charge is 0.254 e. The number of ketones is 1. The summed E-state index contributed by atoms with van der Waals surface area (Å²) in [5.41, 5.74) is 5.97. The summed E-state index contributed by atoms with van der Waals surface area (Å²) in [4.78, 5) is 30.8. The highest BCUT2D eigenvalue weighted by molar-refractivity contribution is 6.15. The second kappa shape index (κ2) is 11.8. The molecule has 1 aliphatic heterocycles. The molecule has 1 amide bonds. The van der Waals surface area contributed by atoms with Crippen LogP contribution in [0.3, 0.4) is 0 Å². The lowest BCUT2D eigenvalue weighted by Gasteiger charge is -2.30. The second-order valence-electron chi connectivity index (χ2n) is 9.83. The van der Waals surface area contributed by atoms with Crippen LogP contribution in [-0.2, 0) is 4.79 Å². The highest BCUT2D eigenvalue weighted by atomic mass is 16.5. The van der Waals surface area contributed by atoms with E-state index in [0.29, 0.717) is 23.3 Å². The van der Waals surface area contributed by atoms with Crippen LogP contribution in [0.4, 0.5) is 0 Å². The van der Waals surface area contributed by atoms with E-state index in [0.717, 1.165) is 34.5 Å². The fraction of sp³-hybridized carbons (Fsp3) is 0.250. The Kier molecular flexibility index (Phi) is 8.36. The number of nitrogens with zero attached hydrogens (tertiary/aromatic N) is 2. The number of carbonyl (C=O) groups excluding carboxylic acids is 2. The number of aryl methyl sites for hydroxylation is 2. The number of carbonyl (C=O) groups is 2. The lowest BCUT2D eigenvalue weighted by atomic mass is 9.93. The zero-order chi connectivity index (χ0) is 26.4. The van der Waals surface area contributed by atoms with Crippen LogP contribution >= 0.6 is 0 Å². The van der Waals surface area contributed by atoms with Crippen molar-refractivity contribution >= 4 is 23.8 Å². The number of hydrogen-bond donors (Lipinski definition) is 0. The molecule has 0 radical (unpaired) electrons. The van der Waals surface area contributed by atoms with E-state index in [1.807, 2.05) is 101 Å². The van der Waals surface area contributed by atoms with Crippen molar-refractivity contribution in [1.82, 2.24) is 9.80 Å². The molecule has 0 N–H and O–H groups in total. The summed E-state index contributed by atoms with van der Waals surface area (Å²) in [5, 5.41) is 0. The van der Waals surface area contributed by atoms with Gasteiger partial charge in [0.1, 0.15) is 12.4 Å². The molecule has 3 aromatic carbocycles. The van der Waals surface area contributed by atoms with Crippen molar-refractivity contribution < 1.29 is 14.3 Å². The van der Waals surface area contributed by atoms with Crippen LogP contribution in [-0.4, -0.2) is 61.8 Å². The number of likely N-dealkylation sites (N-methyl/N-ethyl adjacent to an activating group) is 1. The van der Waals surface area contributed by atoms with Crippen LogP contribution in [0.1, 0.15) is 32.6 Å². The molecule has 1 heterocycles. The molecule has 1 fully saturated rings. The molecule has 190 valence electrons. The van der Waals surface area contributed by atoms with Gasteiger partial charge >= 0.3 is 0 Å². The van der Waals surface area contributed by atoms with Crippen LogP contribution in [0.2, 0.25) is 0 Å². The normalized spacial score (nSPS) is 16.0. The highest BCUT2D eigenvalue weighted by Gasteiger charge is 2.29. The summed E-state index contributed by atoms with van der Waals surface area (Å²) in [7, 11) is 4.00. The molecule has 0 aromatic heterocycles. The molecular formula is C32H34N2O3. The largest absolute Gasteiger partial charge is 0.492 e. The average molecular weight is 495 g/mol. The number of benzene rings is 3. The fourth-order valence-corrected chi connectivity index (χ4v) is 4.13. The Morgan fingerprint density at radius 1 is 0.811 bits per heavy atom. The van der Waals surface area contributed by atoms with E-state index in [1.54, 1.807) is 17.0 Å². The van der Waals surface area contributed by atoms with E-state index in [-0.39, 0.29) is 24.8 Å². The fourth-order valence-electron chi connectivity index (χ4n) is 4.13. The van der Waals surface area contributed by atoms with Crippen LogP contribution in [0.15, 0.2) is 83.9 Å². The average Bonchev–Trinajstić information content (AvgIpc) is 2.88. The van der Waals surface area contributed by atoms with Gasteiger partial charge in [-0.05, 0) is 75.5 Å². The van der Waals surface area contributed by atoms with Gasteiger partial charge in [-0.2, -0.15) is 0 Å². The third kappa shape index (κ3) is 7.05. The molecule has 3 aromatic rings. The number of likely N-dealkylation sites (tertiary alicyclic amines) is 1. The van der Waals surface area contributed by atoms with Crippen LogP contribution in [0.5, 0.6) is 5.75 Å². The van der Waals surface area contributed by atoms with Crippen LogP contribution in [0, 0.1) is 13.8 Å². The zero-order valence-corrected chi connectivity index (χ0v) is 22.0. The van der Waals surface area contributed by atoms with Gasteiger partial charge in [-0.1, -0.05) is 59.7 Å². The van der Waals surface area contributed by atoms with Gasteiger partial charge < -0.3 is 14.5 Å². The quantitative estimate of drug-likeness (QED) is 0.411. The molecule has 0 aliphatic carbocycles. The Bertz CT molecular complexity index is 1230. The van der Waals surface area contributed by atoms with Crippen molar-refractivity contribution in [2.45, 2.75) is 13.8 Å². The molecule has 5 heteroatoms. The van der Waals surface area contributed by atoms with Gasteiger partial charge in [0.05, 0.1) is 13.1 Å². The minimum Gasteiger partial charge on any atom is -0.492 e. The van der Waals surface area contributed by atoms with Gasteiger partial charge in [-0.3, -0.25) is 9.59 Å². The molecule has 1 aliphatic rings. The number of piperidine rings is 1. The van der Waals surface area contributed by atoms with Crippen molar-refractivity contribution in [2.24, 2.45) is 0 Å². The topological polar surface area (TPSA) is 49.9 Å². The van der Waals surface area contributed by atoms with Crippen molar-refractivity contribution in [3.63, 3.8) is 0 Å². The third-order valence-corrected chi connectivity index (χ3v) is 6.34. The Labute approximate surface area is 219 Å². The van der Waals surface area contributed by atoms with Gasteiger partial charge in [0, 0.05) is 23.3 Å². The Morgan fingerprint density at radius 2 is 1.30 bits per heavy atom. The summed E-state index contributed by atoms with van der Waals surface area (Å²) in [6.45, 7) is 5.98. The molecule has 4 rings (SSSR count). The number of Topliss-reactive ketones (excluding diaryl/α,β-unsaturated/α-hetero) is 1. The van der Waals surface area contributed by atoms with Crippen molar-refractivity contribution in [3.05, 3.63) is 112 Å². The standard InChI is InChI=1S/C32H34N2O3/c1-23-5-9-25(10-6-23)19-28-21-34(22-29(31(28)35)20-26-11-7-24(2)8-12-26)32(36)27-13-15-30(16-14-27)37-18-17-33(3)4/h5-16,19-20H,17-18,21-22H2,1-4H3/b28-19+,29-20+. The first-order chi connectivity index (χ1) is 17.8. The number of ether oxygens (including phenoxy) is 1. The van der Waals surface area contributed by atoms with Gasteiger partial charge in [-0.15, -0.1) is 0 Å². The zero-order valence-electron chi connectivity index (χ0n) is 22.0. The Hall–Kier alpha value is -3.96. The molecule has 5 nitrogen and oxygen atoms in total. The molecule has 37 heavy (non-hydrogen) atoms. The van der Waals surface area contributed by atoms with E-state index >= 15 is 0 Å². The number of amides is 1. The predicted molar refractivity (Wildman–Crippen MR) is 150 cm³/mol. The van der Waals surface area contributed by atoms with Gasteiger partial charge in [-0.25, -0.2) is 0 Å². The summed E-state index contributed by atoms with van der Waals surface area (Å²) >= 11 is 0. The van der Waals surface area contributed by atoms with Gasteiger partial charge in [0.25, 0.3) is 5.91 Å². The molecule has 0 unspecified atom stereocenters. The maximum atomic E-state index is 13.5. The van der Waals surface area contributed by atoms with E-state index in [4.69, 9.17) is 4.74 Å². The minimum absolute atomic E-state index is 0.0187. The minimum atomic E-state index is -0.114. The Balaban J connectivity index is 1.60. The van der Waals surface area contributed by atoms with E-state index in [2.05, 4.69) is 4.90 Å². The molecule has 0 spiro atoms. The first-order valence-electron chi connectivity index (χ1n) is 12.5. The van der Waals surface area contributed by atoms with Gasteiger partial charge in [0.15, 0.2) is 5.78 Å². The SMILES string of the molecule is Cc1ccc(/C=C2\CN(C(=O)c3ccc(OCCN(C)C)cc3)C/C(=C\c3ccc(C)cc3)C2=O)cc1. The molecule has 0 atom stereocenters. The summed E-state index contributed by atoms with van der Waals surface area (Å²) in [6, 6.07) is 23.3. The summed E-state index contributed by atoms with van der Waals surface area (Å²) in [5.74, 6) is 0.596.